The molecule has 1 heterocycles. The number of benzene rings is 1. The molecule has 0 aliphatic carbocycles. The number of hydrogen-bond donors (Lipinski definition) is 1. The second kappa shape index (κ2) is 5.15. The molecule has 2 nitrogen and oxygen atoms in total. The summed E-state index contributed by atoms with van der Waals surface area (Å²) in [7, 11) is 0. The van der Waals surface area contributed by atoms with Gasteiger partial charge >= 0.3 is 0 Å². The first-order valence-electron chi connectivity index (χ1n) is 5.26. The van der Waals surface area contributed by atoms with Crippen molar-refractivity contribution in [3.8, 4) is 0 Å². The van der Waals surface area contributed by atoms with Gasteiger partial charge < -0.3 is 5.32 Å². The van der Waals surface area contributed by atoms with Crippen LogP contribution in [0.4, 0.5) is 10.1 Å². The van der Waals surface area contributed by atoms with Crippen LogP contribution in [0, 0.1) is 12.7 Å². The summed E-state index contributed by atoms with van der Waals surface area (Å²) >= 11 is 5.93. The van der Waals surface area contributed by atoms with Crippen LogP contribution in [0.1, 0.15) is 11.3 Å². The fourth-order valence-electron chi connectivity index (χ4n) is 1.46. The number of halogens is 2. The maximum absolute atomic E-state index is 13.5. The van der Waals surface area contributed by atoms with E-state index in [4.69, 9.17) is 11.6 Å². The largest absolute Gasteiger partial charge is 0.380 e. The van der Waals surface area contributed by atoms with E-state index in [2.05, 4.69) is 10.3 Å². The summed E-state index contributed by atoms with van der Waals surface area (Å²) in [6.45, 7) is 2.26. The Hall–Kier alpha value is -1.61. The van der Waals surface area contributed by atoms with Gasteiger partial charge in [0.05, 0.1) is 11.9 Å². The Balaban J connectivity index is 2.10. The quantitative estimate of drug-likeness (QED) is 0.896. The summed E-state index contributed by atoms with van der Waals surface area (Å²) in [6.07, 6.45) is 1.71. The van der Waals surface area contributed by atoms with Crippen molar-refractivity contribution in [2.45, 2.75) is 13.5 Å². The van der Waals surface area contributed by atoms with Gasteiger partial charge in [0.25, 0.3) is 0 Å². The molecule has 1 N–H and O–H groups in total. The molecule has 0 aliphatic heterocycles. The van der Waals surface area contributed by atoms with Gasteiger partial charge in [0.15, 0.2) is 0 Å². The number of anilines is 1. The molecule has 0 bridgehead atoms. The molecule has 0 fully saturated rings. The molecular formula is C13H12ClFN2. The van der Waals surface area contributed by atoms with E-state index in [1.807, 2.05) is 19.1 Å². The van der Waals surface area contributed by atoms with Crippen LogP contribution in [0.3, 0.4) is 0 Å². The Morgan fingerprint density at radius 3 is 2.76 bits per heavy atom. The lowest BCUT2D eigenvalue weighted by atomic mass is 10.2. The molecule has 2 rings (SSSR count). The molecule has 17 heavy (non-hydrogen) atoms. The summed E-state index contributed by atoms with van der Waals surface area (Å²) in [4.78, 5) is 4.15. The van der Waals surface area contributed by atoms with Gasteiger partial charge in [-0.15, -0.1) is 0 Å². The third kappa shape index (κ3) is 2.94. The Morgan fingerprint density at radius 1 is 1.29 bits per heavy atom. The Kier molecular flexibility index (Phi) is 3.59. The van der Waals surface area contributed by atoms with Crippen LogP contribution in [-0.4, -0.2) is 4.98 Å². The zero-order chi connectivity index (χ0) is 12.3. The normalized spacial score (nSPS) is 10.3. The van der Waals surface area contributed by atoms with Crippen LogP contribution in [-0.2, 0) is 6.54 Å². The van der Waals surface area contributed by atoms with Crippen LogP contribution in [0.25, 0.3) is 0 Å². The van der Waals surface area contributed by atoms with Crippen LogP contribution in [0.15, 0.2) is 36.5 Å². The molecule has 0 aliphatic rings. The molecule has 1 aromatic carbocycles. The van der Waals surface area contributed by atoms with Gasteiger partial charge in [-0.1, -0.05) is 17.7 Å². The van der Waals surface area contributed by atoms with Gasteiger partial charge in [-0.05, 0) is 31.2 Å². The number of rotatable bonds is 3. The molecular weight excluding hydrogens is 239 g/mol. The summed E-state index contributed by atoms with van der Waals surface area (Å²) in [6, 6.07) is 8.46. The van der Waals surface area contributed by atoms with Crippen LogP contribution >= 0.6 is 11.6 Å². The summed E-state index contributed by atoms with van der Waals surface area (Å²) in [5.41, 5.74) is 2.25. The van der Waals surface area contributed by atoms with E-state index in [0.717, 1.165) is 11.4 Å². The number of aromatic nitrogens is 1. The maximum Gasteiger partial charge on any atom is 0.129 e. The van der Waals surface area contributed by atoms with E-state index >= 15 is 0 Å². The molecule has 0 saturated carbocycles. The first-order valence-corrected chi connectivity index (χ1v) is 5.64. The van der Waals surface area contributed by atoms with Gasteiger partial charge in [0.1, 0.15) is 5.82 Å². The van der Waals surface area contributed by atoms with Crippen molar-refractivity contribution in [2.24, 2.45) is 0 Å². The third-order valence-corrected chi connectivity index (χ3v) is 2.80. The average Bonchev–Trinajstić information content (AvgIpc) is 2.31. The van der Waals surface area contributed by atoms with E-state index in [9.17, 15) is 4.39 Å². The number of hydrogen-bond acceptors (Lipinski definition) is 2. The van der Waals surface area contributed by atoms with E-state index in [1.54, 1.807) is 18.3 Å². The molecule has 0 amide bonds. The number of pyridine rings is 1. The fraction of sp³-hybridized carbons (Fsp3) is 0.154. The number of nitrogens with zero attached hydrogens (tertiary/aromatic N) is 1. The highest BCUT2D eigenvalue weighted by Crippen LogP contribution is 2.20. The van der Waals surface area contributed by atoms with Crippen LogP contribution in [0.5, 0.6) is 0 Å². The number of aryl methyl sites for hydroxylation is 1. The topological polar surface area (TPSA) is 24.9 Å². The second-order valence-corrected chi connectivity index (χ2v) is 4.15. The molecule has 0 unspecified atom stereocenters. The highest BCUT2D eigenvalue weighted by molar-refractivity contribution is 6.31. The van der Waals surface area contributed by atoms with E-state index in [1.165, 1.54) is 6.07 Å². The van der Waals surface area contributed by atoms with Gasteiger partial charge in [-0.25, -0.2) is 4.39 Å². The lowest BCUT2D eigenvalue weighted by Crippen LogP contribution is -2.03. The monoisotopic (exact) mass is 250 g/mol. The molecule has 0 spiro atoms. The summed E-state index contributed by atoms with van der Waals surface area (Å²) in [5.74, 6) is -0.301. The standard InChI is InChI=1S/C13H12ClFN2/c1-9-5-6-10(7-16-9)17-8-11-12(14)3-2-4-13(11)15/h2-7,17H,8H2,1H3. The van der Waals surface area contributed by atoms with Crippen molar-refractivity contribution in [3.63, 3.8) is 0 Å². The first kappa shape index (κ1) is 11.9. The average molecular weight is 251 g/mol. The molecule has 0 radical (unpaired) electrons. The number of nitrogens with one attached hydrogen (secondary N) is 1. The highest BCUT2D eigenvalue weighted by Gasteiger charge is 2.06. The van der Waals surface area contributed by atoms with Crippen molar-refractivity contribution in [2.75, 3.05) is 5.32 Å². The Bertz CT molecular complexity index is 491. The van der Waals surface area contributed by atoms with Crippen molar-refractivity contribution >= 4 is 17.3 Å². The van der Waals surface area contributed by atoms with E-state index in [0.29, 0.717) is 17.1 Å². The lowest BCUT2D eigenvalue weighted by Gasteiger charge is -2.08. The van der Waals surface area contributed by atoms with E-state index in [-0.39, 0.29) is 5.82 Å². The maximum atomic E-state index is 13.5. The minimum atomic E-state index is -0.301. The zero-order valence-corrected chi connectivity index (χ0v) is 10.1. The van der Waals surface area contributed by atoms with Crippen LogP contribution < -0.4 is 5.32 Å². The molecule has 0 saturated heterocycles. The third-order valence-electron chi connectivity index (χ3n) is 2.44. The van der Waals surface area contributed by atoms with Crippen molar-refractivity contribution < 1.29 is 4.39 Å². The van der Waals surface area contributed by atoms with Gasteiger partial charge in [-0.3, -0.25) is 4.98 Å². The predicted octanol–water partition coefficient (Wildman–Crippen LogP) is 3.79. The van der Waals surface area contributed by atoms with Gasteiger partial charge in [-0.2, -0.15) is 0 Å². The molecule has 2 aromatic rings. The summed E-state index contributed by atoms with van der Waals surface area (Å²) in [5, 5.41) is 3.51. The minimum absolute atomic E-state index is 0.301. The molecule has 1 aromatic heterocycles. The van der Waals surface area contributed by atoms with Crippen molar-refractivity contribution in [3.05, 3.63) is 58.6 Å². The second-order valence-electron chi connectivity index (χ2n) is 3.74. The zero-order valence-electron chi connectivity index (χ0n) is 9.37. The SMILES string of the molecule is Cc1ccc(NCc2c(F)cccc2Cl)cn1. The predicted molar refractivity (Wildman–Crippen MR) is 67.7 cm³/mol. The smallest absolute Gasteiger partial charge is 0.129 e. The molecule has 88 valence electrons. The van der Waals surface area contributed by atoms with Crippen molar-refractivity contribution in [1.29, 1.82) is 0 Å². The summed E-state index contributed by atoms with van der Waals surface area (Å²) < 4.78 is 13.5. The molecule has 0 atom stereocenters. The van der Waals surface area contributed by atoms with E-state index < -0.39 is 0 Å². The lowest BCUT2D eigenvalue weighted by molar-refractivity contribution is 0.613. The first-order chi connectivity index (χ1) is 8.16. The van der Waals surface area contributed by atoms with Crippen LogP contribution in [0.2, 0.25) is 5.02 Å². The molecule has 4 heteroatoms. The fourth-order valence-corrected chi connectivity index (χ4v) is 1.69. The Labute approximate surface area is 104 Å². The highest BCUT2D eigenvalue weighted by atomic mass is 35.5. The Morgan fingerprint density at radius 2 is 2.12 bits per heavy atom. The van der Waals surface area contributed by atoms with Gasteiger partial charge in [0, 0.05) is 22.8 Å². The van der Waals surface area contributed by atoms with Crippen molar-refractivity contribution in [1.82, 2.24) is 4.98 Å². The van der Waals surface area contributed by atoms with Gasteiger partial charge in [0.2, 0.25) is 0 Å². The minimum Gasteiger partial charge on any atom is -0.380 e.